The van der Waals surface area contributed by atoms with E-state index in [9.17, 15) is 9.59 Å². The second kappa shape index (κ2) is 5.11. The molecule has 1 N–H and O–H groups in total. The number of rotatable bonds is 3. The van der Waals surface area contributed by atoms with Gasteiger partial charge in [0.15, 0.2) is 0 Å². The Morgan fingerprint density at radius 3 is 2.93 bits per heavy atom. The third-order valence-corrected chi connectivity index (χ3v) is 2.46. The van der Waals surface area contributed by atoms with Gasteiger partial charge >= 0.3 is 5.97 Å². The second-order valence-corrected chi connectivity index (χ2v) is 3.99. The van der Waals surface area contributed by atoms with Crippen LogP contribution in [0.4, 0.5) is 0 Å². The van der Waals surface area contributed by atoms with Crippen molar-refractivity contribution in [1.82, 2.24) is 4.98 Å². The van der Waals surface area contributed by atoms with Crippen molar-refractivity contribution >= 4 is 21.9 Å². The Balaban J connectivity index is 3.00. The first-order chi connectivity index (χ1) is 7.06. The molecule has 0 aromatic carbocycles. The van der Waals surface area contributed by atoms with Crippen LogP contribution in [0.15, 0.2) is 21.5 Å². The molecule has 1 heterocycles. The van der Waals surface area contributed by atoms with Crippen LogP contribution in [-0.2, 0) is 9.53 Å². The molecule has 0 bridgehead atoms. The Kier molecular flexibility index (Phi) is 4.08. The monoisotopic (exact) mass is 273 g/mol. The molecule has 5 heteroatoms. The number of carbonyl (C=O) groups excluding carboxylic acids is 1. The van der Waals surface area contributed by atoms with Crippen molar-refractivity contribution in [3.05, 3.63) is 32.7 Å². The highest BCUT2D eigenvalue weighted by Gasteiger charge is 2.19. The van der Waals surface area contributed by atoms with Crippen LogP contribution < -0.4 is 5.56 Å². The SMILES string of the molecule is CCOC(=O)C(C)c1cc(Br)c[nH]c1=O. The highest BCUT2D eigenvalue weighted by molar-refractivity contribution is 9.10. The number of nitrogens with one attached hydrogen (secondary N) is 1. The normalized spacial score (nSPS) is 12.2. The van der Waals surface area contributed by atoms with Gasteiger partial charge in [-0.1, -0.05) is 0 Å². The van der Waals surface area contributed by atoms with Crippen LogP contribution in [0, 0.1) is 0 Å². The van der Waals surface area contributed by atoms with Gasteiger partial charge in [0, 0.05) is 16.2 Å². The molecule has 0 saturated heterocycles. The summed E-state index contributed by atoms with van der Waals surface area (Å²) in [6.45, 7) is 3.69. The molecule has 1 aromatic heterocycles. The number of hydrogen-bond acceptors (Lipinski definition) is 3. The molecule has 0 saturated carbocycles. The van der Waals surface area contributed by atoms with Gasteiger partial charge < -0.3 is 9.72 Å². The molecule has 4 nitrogen and oxygen atoms in total. The summed E-state index contributed by atoms with van der Waals surface area (Å²) < 4.78 is 5.58. The summed E-state index contributed by atoms with van der Waals surface area (Å²) in [6.07, 6.45) is 1.53. The first-order valence-electron chi connectivity index (χ1n) is 4.61. The number of aromatic nitrogens is 1. The molecular formula is C10H12BrNO3. The number of esters is 1. The minimum absolute atomic E-state index is 0.265. The van der Waals surface area contributed by atoms with Gasteiger partial charge in [0.1, 0.15) is 0 Å². The Bertz CT molecular complexity index is 413. The topological polar surface area (TPSA) is 59.2 Å². The lowest BCUT2D eigenvalue weighted by Gasteiger charge is -2.09. The Morgan fingerprint density at radius 2 is 2.33 bits per heavy atom. The van der Waals surface area contributed by atoms with Gasteiger partial charge in [-0.3, -0.25) is 9.59 Å². The van der Waals surface area contributed by atoms with E-state index in [1.807, 2.05) is 0 Å². The highest BCUT2D eigenvalue weighted by Crippen LogP contribution is 2.16. The molecule has 1 aromatic rings. The number of halogens is 1. The number of carbonyl (C=O) groups is 1. The van der Waals surface area contributed by atoms with E-state index in [-0.39, 0.29) is 11.5 Å². The van der Waals surface area contributed by atoms with Gasteiger partial charge in [-0.25, -0.2) is 0 Å². The fourth-order valence-electron chi connectivity index (χ4n) is 1.19. The van der Waals surface area contributed by atoms with E-state index in [4.69, 9.17) is 4.74 Å². The van der Waals surface area contributed by atoms with Crippen molar-refractivity contribution in [3.63, 3.8) is 0 Å². The third-order valence-electron chi connectivity index (χ3n) is 2.00. The van der Waals surface area contributed by atoms with E-state index >= 15 is 0 Å². The standard InChI is InChI=1S/C10H12BrNO3/c1-3-15-10(14)6(2)8-4-7(11)5-12-9(8)13/h4-6H,3H2,1-2H3,(H,12,13). The lowest BCUT2D eigenvalue weighted by molar-refractivity contribution is -0.144. The Morgan fingerprint density at radius 1 is 1.67 bits per heavy atom. The number of H-pyrrole nitrogens is 1. The average molecular weight is 274 g/mol. The van der Waals surface area contributed by atoms with E-state index in [1.165, 1.54) is 6.20 Å². The minimum atomic E-state index is -0.550. The molecule has 0 radical (unpaired) electrons. The lowest BCUT2D eigenvalue weighted by atomic mass is 10.0. The van der Waals surface area contributed by atoms with Crippen molar-refractivity contribution in [2.75, 3.05) is 6.61 Å². The zero-order valence-corrected chi connectivity index (χ0v) is 10.1. The number of aromatic amines is 1. The highest BCUT2D eigenvalue weighted by atomic mass is 79.9. The largest absolute Gasteiger partial charge is 0.466 e. The van der Waals surface area contributed by atoms with Crippen molar-refractivity contribution in [3.8, 4) is 0 Å². The molecule has 0 aliphatic heterocycles. The van der Waals surface area contributed by atoms with Crippen LogP contribution in [0.2, 0.25) is 0 Å². The summed E-state index contributed by atoms with van der Waals surface area (Å²) >= 11 is 3.23. The first kappa shape index (κ1) is 12.0. The molecule has 0 fully saturated rings. The first-order valence-corrected chi connectivity index (χ1v) is 5.40. The van der Waals surface area contributed by atoms with Crippen LogP contribution in [0.3, 0.4) is 0 Å². The van der Waals surface area contributed by atoms with E-state index in [0.29, 0.717) is 12.2 Å². The molecular weight excluding hydrogens is 262 g/mol. The van der Waals surface area contributed by atoms with E-state index in [1.54, 1.807) is 19.9 Å². The zero-order valence-electron chi connectivity index (χ0n) is 8.54. The lowest BCUT2D eigenvalue weighted by Crippen LogP contribution is -2.21. The van der Waals surface area contributed by atoms with Crippen molar-refractivity contribution in [2.24, 2.45) is 0 Å². The van der Waals surface area contributed by atoms with Gasteiger partial charge in [0.2, 0.25) is 0 Å². The summed E-state index contributed by atoms with van der Waals surface area (Å²) in [5.74, 6) is -0.938. The summed E-state index contributed by atoms with van der Waals surface area (Å²) in [5, 5.41) is 0. The molecule has 0 aliphatic rings. The predicted octanol–water partition coefficient (Wildman–Crippen LogP) is 1.80. The summed E-state index contributed by atoms with van der Waals surface area (Å²) in [7, 11) is 0. The van der Waals surface area contributed by atoms with Crippen molar-refractivity contribution < 1.29 is 9.53 Å². The molecule has 1 unspecified atom stereocenters. The maximum absolute atomic E-state index is 11.4. The average Bonchev–Trinajstić information content (AvgIpc) is 2.21. The smallest absolute Gasteiger partial charge is 0.313 e. The van der Waals surface area contributed by atoms with Crippen LogP contribution in [0.25, 0.3) is 0 Å². The molecule has 0 aliphatic carbocycles. The third kappa shape index (κ3) is 2.92. The second-order valence-electron chi connectivity index (χ2n) is 3.08. The molecule has 1 rings (SSSR count). The van der Waals surface area contributed by atoms with Gasteiger partial charge in [-0.05, 0) is 35.8 Å². The Labute approximate surface area is 95.8 Å². The van der Waals surface area contributed by atoms with E-state index < -0.39 is 5.92 Å². The summed E-state index contributed by atoms with van der Waals surface area (Å²) in [5.41, 5.74) is 0.140. The van der Waals surface area contributed by atoms with Gasteiger partial charge in [-0.15, -0.1) is 0 Å². The fraction of sp³-hybridized carbons (Fsp3) is 0.400. The maximum atomic E-state index is 11.4. The van der Waals surface area contributed by atoms with Gasteiger partial charge in [0.05, 0.1) is 12.5 Å². The summed E-state index contributed by atoms with van der Waals surface area (Å²) in [6, 6.07) is 1.63. The molecule has 1 atom stereocenters. The molecule has 15 heavy (non-hydrogen) atoms. The van der Waals surface area contributed by atoms with Gasteiger partial charge in [-0.2, -0.15) is 0 Å². The van der Waals surface area contributed by atoms with Crippen LogP contribution in [0.5, 0.6) is 0 Å². The summed E-state index contributed by atoms with van der Waals surface area (Å²) in [4.78, 5) is 25.4. The number of ether oxygens (including phenoxy) is 1. The van der Waals surface area contributed by atoms with Crippen molar-refractivity contribution in [1.29, 1.82) is 0 Å². The van der Waals surface area contributed by atoms with Crippen molar-refractivity contribution in [2.45, 2.75) is 19.8 Å². The zero-order chi connectivity index (χ0) is 11.4. The maximum Gasteiger partial charge on any atom is 0.313 e. The molecule has 0 spiro atoms. The predicted molar refractivity (Wildman–Crippen MR) is 59.8 cm³/mol. The van der Waals surface area contributed by atoms with Crippen LogP contribution >= 0.6 is 15.9 Å². The quantitative estimate of drug-likeness (QED) is 0.855. The Hall–Kier alpha value is -1.10. The number of pyridine rings is 1. The van der Waals surface area contributed by atoms with Gasteiger partial charge in [0.25, 0.3) is 5.56 Å². The minimum Gasteiger partial charge on any atom is -0.466 e. The van der Waals surface area contributed by atoms with E-state index in [0.717, 1.165) is 4.47 Å². The van der Waals surface area contributed by atoms with Crippen LogP contribution in [-0.4, -0.2) is 17.6 Å². The molecule has 0 amide bonds. The van der Waals surface area contributed by atoms with Crippen LogP contribution in [0.1, 0.15) is 25.3 Å². The van der Waals surface area contributed by atoms with E-state index in [2.05, 4.69) is 20.9 Å². The molecule has 82 valence electrons. The fourth-order valence-corrected chi connectivity index (χ4v) is 1.55. The number of hydrogen-bond donors (Lipinski definition) is 1.